The summed E-state index contributed by atoms with van der Waals surface area (Å²) in [6, 6.07) is 8.06. The van der Waals surface area contributed by atoms with Gasteiger partial charge in [0.05, 0.1) is 11.6 Å². The second kappa shape index (κ2) is 2.95. The van der Waals surface area contributed by atoms with E-state index in [0.717, 1.165) is 11.3 Å². The van der Waals surface area contributed by atoms with Crippen molar-refractivity contribution >= 4 is 6.08 Å². The average molecular weight is 171 g/mol. The molecular weight excluding hydrogens is 162 g/mol. The van der Waals surface area contributed by atoms with Gasteiger partial charge in [-0.1, -0.05) is 11.6 Å². The third-order valence-corrected chi connectivity index (χ3v) is 2.02. The Kier molecular flexibility index (Phi) is 1.79. The lowest BCUT2D eigenvalue weighted by atomic mass is 10.1. The molecule has 1 aromatic rings. The molecule has 0 bridgehead atoms. The van der Waals surface area contributed by atoms with Crippen LogP contribution in [-0.4, -0.2) is 6.61 Å². The smallest absolute Gasteiger partial charge is 0.127 e. The van der Waals surface area contributed by atoms with Crippen molar-refractivity contribution in [1.82, 2.24) is 0 Å². The van der Waals surface area contributed by atoms with E-state index >= 15 is 0 Å². The summed E-state index contributed by atoms with van der Waals surface area (Å²) in [7, 11) is 0. The van der Waals surface area contributed by atoms with Crippen LogP contribution in [0.5, 0.6) is 5.75 Å². The lowest BCUT2D eigenvalue weighted by Gasteiger charge is -2.14. The van der Waals surface area contributed by atoms with Gasteiger partial charge in [0.1, 0.15) is 12.4 Å². The Hall–Kier alpha value is -1.75. The molecule has 0 aliphatic carbocycles. The molecule has 0 amide bonds. The number of hydrogen-bond acceptors (Lipinski definition) is 2. The topological polar surface area (TPSA) is 33.0 Å². The van der Waals surface area contributed by atoms with Crippen LogP contribution in [0.25, 0.3) is 6.08 Å². The SMILES string of the molecule is Cc1ccc2c(c1)C=C(C#N)CO2. The van der Waals surface area contributed by atoms with Gasteiger partial charge in [-0.3, -0.25) is 0 Å². The minimum Gasteiger partial charge on any atom is -0.488 e. The Morgan fingerprint density at radius 1 is 1.46 bits per heavy atom. The number of benzene rings is 1. The number of nitriles is 1. The Morgan fingerprint density at radius 3 is 3.08 bits per heavy atom. The third kappa shape index (κ3) is 1.41. The minimum absolute atomic E-state index is 0.395. The van der Waals surface area contributed by atoms with Gasteiger partial charge in [0.15, 0.2) is 0 Å². The Labute approximate surface area is 77.1 Å². The van der Waals surface area contributed by atoms with Crippen molar-refractivity contribution in [2.24, 2.45) is 0 Å². The van der Waals surface area contributed by atoms with Crippen molar-refractivity contribution in [1.29, 1.82) is 5.26 Å². The van der Waals surface area contributed by atoms with Crippen molar-refractivity contribution in [3.05, 3.63) is 34.9 Å². The molecule has 1 aliphatic heterocycles. The molecule has 2 nitrogen and oxygen atoms in total. The van der Waals surface area contributed by atoms with Gasteiger partial charge in [0, 0.05) is 5.56 Å². The maximum atomic E-state index is 8.69. The minimum atomic E-state index is 0.395. The first kappa shape index (κ1) is 7.88. The summed E-state index contributed by atoms with van der Waals surface area (Å²) < 4.78 is 5.39. The molecule has 0 atom stereocenters. The predicted octanol–water partition coefficient (Wildman–Crippen LogP) is 2.29. The van der Waals surface area contributed by atoms with Crippen LogP contribution in [0.3, 0.4) is 0 Å². The Balaban J connectivity index is 2.51. The third-order valence-electron chi connectivity index (χ3n) is 2.02. The molecular formula is C11H9NO. The van der Waals surface area contributed by atoms with Crippen LogP contribution in [0, 0.1) is 18.3 Å². The van der Waals surface area contributed by atoms with Gasteiger partial charge in [-0.15, -0.1) is 0 Å². The fourth-order valence-corrected chi connectivity index (χ4v) is 1.36. The van der Waals surface area contributed by atoms with Gasteiger partial charge in [0.25, 0.3) is 0 Å². The standard InChI is InChI=1S/C11H9NO/c1-8-2-3-11-10(4-8)5-9(6-12)7-13-11/h2-5H,7H2,1H3. The van der Waals surface area contributed by atoms with E-state index in [1.807, 2.05) is 31.2 Å². The second-order valence-corrected chi connectivity index (χ2v) is 3.11. The number of ether oxygens (including phenoxy) is 1. The molecule has 0 saturated heterocycles. The van der Waals surface area contributed by atoms with Crippen molar-refractivity contribution in [2.75, 3.05) is 6.61 Å². The second-order valence-electron chi connectivity index (χ2n) is 3.11. The van der Waals surface area contributed by atoms with E-state index in [9.17, 15) is 0 Å². The summed E-state index contributed by atoms with van der Waals surface area (Å²) in [6.45, 7) is 2.42. The monoisotopic (exact) mass is 171 g/mol. The average Bonchev–Trinajstić information content (AvgIpc) is 2.16. The van der Waals surface area contributed by atoms with Crippen LogP contribution in [-0.2, 0) is 0 Å². The van der Waals surface area contributed by atoms with Crippen molar-refractivity contribution in [3.63, 3.8) is 0 Å². The van der Waals surface area contributed by atoms with Gasteiger partial charge in [-0.25, -0.2) is 0 Å². The van der Waals surface area contributed by atoms with Gasteiger partial charge >= 0.3 is 0 Å². The number of aryl methyl sites for hydroxylation is 1. The van der Waals surface area contributed by atoms with Crippen LogP contribution < -0.4 is 4.74 Å². The molecule has 0 radical (unpaired) electrons. The molecule has 1 aromatic carbocycles. The summed E-state index contributed by atoms with van der Waals surface area (Å²) in [5.74, 6) is 0.865. The quantitative estimate of drug-likeness (QED) is 0.600. The zero-order valence-electron chi connectivity index (χ0n) is 7.37. The fraction of sp³-hybridized carbons (Fsp3) is 0.182. The summed E-state index contributed by atoms with van der Waals surface area (Å²) in [5.41, 5.74) is 2.86. The van der Waals surface area contributed by atoms with E-state index < -0.39 is 0 Å². The fourth-order valence-electron chi connectivity index (χ4n) is 1.36. The number of hydrogen-bond donors (Lipinski definition) is 0. The highest BCUT2D eigenvalue weighted by Gasteiger charge is 2.10. The maximum absolute atomic E-state index is 8.69. The van der Waals surface area contributed by atoms with Crippen LogP contribution in [0.4, 0.5) is 0 Å². The molecule has 0 spiro atoms. The summed E-state index contributed by atoms with van der Waals surface area (Å²) in [5, 5.41) is 8.69. The number of rotatable bonds is 0. The van der Waals surface area contributed by atoms with Gasteiger partial charge in [-0.05, 0) is 25.1 Å². The molecule has 1 aliphatic rings. The van der Waals surface area contributed by atoms with E-state index in [2.05, 4.69) is 6.07 Å². The normalized spacial score (nSPS) is 13.7. The first-order chi connectivity index (χ1) is 6.29. The molecule has 0 fully saturated rings. The number of nitrogens with zero attached hydrogens (tertiary/aromatic N) is 1. The largest absolute Gasteiger partial charge is 0.488 e. The van der Waals surface area contributed by atoms with Gasteiger partial charge in [0.2, 0.25) is 0 Å². The highest BCUT2D eigenvalue weighted by molar-refractivity contribution is 5.65. The first-order valence-corrected chi connectivity index (χ1v) is 4.14. The lowest BCUT2D eigenvalue weighted by molar-refractivity contribution is 0.351. The van der Waals surface area contributed by atoms with Crippen molar-refractivity contribution < 1.29 is 4.74 Å². The van der Waals surface area contributed by atoms with Gasteiger partial charge < -0.3 is 4.74 Å². The molecule has 0 saturated carbocycles. The molecule has 2 heteroatoms. The lowest BCUT2D eigenvalue weighted by Crippen LogP contribution is -2.05. The Morgan fingerprint density at radius 2 is 2.31 bits per heavy atom. The highest BCUT2D eigenvalue weighted by atomic mass is 16.5. The first-order valence-electron chi connectivity index (χ1n) is 4.14. The van der Waals surface area contributed by atoms with Crippen LogP contribution >= 0.6 is 0 Å². The summed E-state index contributed by atoms with van der Waals surface area (Å²) in [4.78, 5) is 0. The van der Waals surface area contributed by atoms with E-state index in [1.54, 1.807) is 0 Å². The highest BCUT2D eigenvalue weighted by Crippen LogP contribution is 2.26. The number of fused-ring (bicyclic) bond motifs is 1. The molecule has 64 valence electrons. The maximum Gasteiger partial charge on any atom is 0.127 e. The van der Waals surface area contributed by atoms with Crippen molar-refractivity contribution in [2.45, 2.75) is 6.92 Å². The predicted molar refractivity (Wildman–Crippen MR) is 50.3 cm³/mol. The van der Waals surface area contributed by atoms with Crippen molar-refractivity contribution in [3.8, 4) is 11.8 Å². The molecule has 2 rings (SSSR count). The van der Waals surface area contributed by atoms with Gasteiger partial charge in [-0.2, -0.15) is 5.26 Å². The van der Waals surface area contributed by atoms with Crippen LogP contribution in [0.1, 0.15) is 11.1 Å². The summed E-state index contributed by atoms with van der Waals surface area (Å²) >= 11 is 0. The molecule has 1 heterocycles. The molecule has 0 aromatic heterocycles. The summed E-state index contributed by atoms with van der Waals surface area (Å²) in [6.07, 6.45) is 1.88. The van der Waals surface area contributed by atoms with Crippen LogP contribution in [0.15, 0.2) is 23.8 Å². The van der Waals surface area contributed by atoms with E-state index in [0.29, 0.717) is 12.2 Å². The molecule has 13 heavy (non-hydrogen) atoms. The van der Waals surface area contributed by atoms with Crippen LogP contribution in [0.2, 0.25) is 0 Å². The Bertz CT molecular complexity index is 413. The molecule has 0 N–H and O–H groups in total. The van der Waals surface area contributed by atoms with E-state index in [4.69, 9.17) is 10.00 Å². The zero-order valence-corrected chi connectivity index (χ0v) is 7.37. The van der Waals surface area contributed by atoms with E-state index in [1.165, 1.54) is 5.56 Å². The van der Waals surface area contributed by atoms with E-state index in [-0.39, 0.29) is 0 Å². The molecule has 0 unspecified atom stereocenters. The zero-order chi connectivity index (χ0) is 9.26.